The molecule has 0 saturated carbocycles. The van der Waals surface area contributed by atoms with Crippen LogP contribution in [0.2, 0.25) is 0 Å². The Hall–Kier alpha value is -2.31. The van der Waals surface area contributed by atoms with Gasteiger partial charge in [-0.15, -0.1) is 0 Å². The fourth-order valence-corrected chi connectivity index (χ4v) is 1.47. The van der Waals surface area contributed by atoms with E-state index in [0.29, 0.717) is 5.56 Å². The van der Waals surface area contributed by atoms with E-state index in [1.807, 2.05) is 0 Å². The Labute approximate surface area is 89.8 Å². The van der Waals surface area contributed by atoms with Crippen molar-refractivity contribution >= 4 is 11.8 Å². The molecule has 2 N–H and O–H groups in total. The van der Waals surface area contributed by atoms with E-state index < -0.39 is 28.5 Å². The third-order valence-corrected chi connectivity index (χ3v) is 2.27. The minimum Gasteiger partial charge on any atom is -0.502 e. The molecule has 0 spiro atoms. The largest absolute Gasteiger partial charge is 0.502 e. The Morgan fingerprint density at radius 2 is 2.31 bits per heavy atom. The Morgan fingerprint density at radius 1 is 1.56 bits per heavy atom. The van der Waals surface area contributed by atoms with Crippen LogP contribution in [0.4, 0.5) is 10.5 Å². The molecule has 0 radical (unpaired) electrons. The van der Waals surface area contributed by atoms with Crippen LogP contribution >= 0.6 is 0 Å². The van der Waals surface area contributed by atoms with Crippen LogP contribution in [0.1, 0.15) is 11.6 Å². The fraction of sp³-hybridized carbons (Fsp3) is 0.222. The van der Waals surface area contributed by atoms with Gasteiger partial charge in [-0.25, -0.2) is 4.79 Å². The summed E-state index contributed by atoms with van der Waals surface area (Å²) in [5.74, 6) is -0.404. The summed E-state index contributed by atoms with van der Waals surface area (Å²) in [6, 6.07) is 3.53. The van der Waals surface area contributed by atoms with E-state index in [2.05, 4.69) is 10.1 Å². The molecular weight excluding hydrogens is 216 g/mol. The summed E-state index contributed by atoms with van der Waals surface area (Å²) in [5.41, 5.74) is 0.133. The first-order valence-electron chi connectivity index (χ1n) is 4.48. The van der Waals surface area contributed by atoms with E-state index in [9.17, 15) is 20.0 Å². The molecule has 1 heterocycles. The van der Waals surface area contributed by atoms with Crippen molar-refractivity contribution in [3.8, 4) is 5.75 Å². The van der Waals surface area contributed by atoms with E-state index >= 15 is 0 Å². The van der Waals surface area contributed by atoms with Crippen molar-refractivity contribution in [2.75, 3.05) is 6.61 Å². The van der Waals surface area contributed by atoms with E-state index in [4.69, 9.17) is 0 Å². The van der Waals surface area contributed by atoms with Crippen LogP contribution in [0.3, 0.4) is 0 Å². The normalized spacial score (nSPS) is 19.0. The number of phenolic OH excluding ortho intramolecular Hbond substituents is 1. The lowest BCUT2D eigenvalue weighted by Crippen LogP contribution is -2.18. The number of hydrogen-bond donors (Lipinski definition) is 2. The van der Waals surface area contributed by atoms with E-state index in [1.165, 1.54) is 18.2 Å². The highest BCUT2D eigenvalue weighted by Gasteiger charge is 2.26. The fourth-order valence-electron chi connectivity index (χ4n) is 1.47. The number of nitrogens with zero attached hydrogens (tertiary/aromatic N) is 1. The molecule has 7 heteroatoms. The first-order valence-corrected chi connectivity index (χ1v) is 4.48. The summed E-state index contributed by atoms with van der Waals surface area (Å²) >= 11 is 0. The lowest BCUT2D eigenvalue weighted by atomic mass is 10.1. The summed E-state index contributed by atoms with van der Waals surface area (Å²) in [6.45, 7) is 0.126. The minimum absolute atomic E-state index is 0.126. The maximum absolute atomic E-state index is 10.8. The number of benzene rings is 1. The molecule has 0 aromatic heterocycles. The molecule has 1 aromatic carbocycles. The van der Waals surface area contributed by atoms with Crippen molar-refractivity contribution in [2.24, 2.45) is 0 Å². The minimum atomic E-state index is -0.684. The molecule has 1 aliphatic heterocycles. The highest BCUT2D eigenvalue weighted by Crippen LogP contribution is 2.29. The van der Waals surface area contributed by atoms with E-state index in [0.717, 1.165) is 0 Å². The smallest absolute Gasteiger partial charge is 0.407 e. The van der Waals surface area contributed by atoms with Gasteiger partial charge in [-0.2, -0.15) is 0 Å². The molecule has 7 nitrogen and oxygen atoms in total. The molecule has 1 atom stereocenters. The van der Waals surface area contributed by atoms with Crippen LogP contribution in [0.25, 0.3) is 0 Å². The van der Waals surface area contributed by atoms with Crippen LogP contribution in [-0.4, -0.2) is 22.7 Å². The maximum Gasteiger partial charge on any atom is 0.407 e. The van der Waals surface area contributed by atoms with Crippen molar-refractivity contribution in [3.63, 3.8) is 0 Å². The van der Waals surface area contributed by atoms with Crippen LogP contribution in [0, 0.1) is 10.1 Å². The number of phenols is 1. The first-order chi connectivity index (χ1) is 7.58. The maximum atomic E-state index is 10.8. The molecule has 1 saturated heterocycles. The van der Waals surface area contributed by atoms with E-state index in [1.54, 1.807) is 0 Å². The summed E-state index contributed by atoms with van der Waals surface area (Å²) < 4.78 is 4.67. The number of amides is 1. The predicted octanol–water partition coefficient (Wildman–Crippen LogP) is 1.08. The number of alkyl carbamates (subject to hydrolysis) is 1. The van der Waals surface area contributed by atoms with Crippen LogP contribution in [0.15, 0.2) is 18.2 Å². The van der Waals surface area contributed by atoms with Gasteiger partial charge >= 0.3 is 11.8 Å². The lowest BCUT2D eigenvalue weighted by Gasteiger charge is -2.07. The third kappa shape index (κ3) is 1.74. The summed E-state index contributed by atoms with van der Waals surface area (Å²) in [4.78, 5) is 20.7. The molecular formula is C9H8N2O5. The summed E-state index contributed by atoms with van der Waals surface area (Å²) in [7, 11) is 0. The van der Waals surface area contributed by atoms with Gasteiger partial charge in [0.15, 0.2) is 5.75 Å². The second kappa shape index (κ2) is 3.69. The number of carbonyl (C=O) groups excluding carboxylic acids is 1. The van der Waals surface area contributed by atoms with Gasteiger partial charge in [-0.05, 0) is 11.6 Å². The number of cyclic esters (lactones) is 1. The Bertz CT molecular complexity index is 459. The highest BCUT2D eigenvalue weighted by atomic mass is 16.6. The Morgan fingerprint density at radius 3 is 2.88 bits per heavy atom. The van der Waals surface area contributed by atoms with Gasteiger partial charge in [0.1, 0.15) is 6.61 Å². The number of nitro groups is 1. The van der Waals surface area contributed by atoms with Crippen LogP contribution < -0.4 is 5.32 Å². The standard InChI is InChI=1S/C9H8N2O5/c12-8-2-1-5(3-7(8)11(14)15)6-4-16-9(13)10-6/h1-3,6,12H,4H2,(H,10,13)/t6-/m0/s1. The third-order valence-electron chi connectivity index (χ3n) is 2.27. The Balaban J connectivity index is 2.32. The van der Waals surface area contributed by atoms with Gasteiger partial charge in [-0.1, -0.05) is 6.07 Å². The van der Waals surface area contributed by atoms with Gasteiger partial charge < -0.3 is 15.2 Å². The van der Waals surface area contributed by atoms with Gasteiger partial charge in [0.05, 0.1) is 11.0 Å². The average Bonchev–Trinajstić information content (AvgIpc) is 2.65. The molecule has 1 aliphatic rings. The molecule has 84 valence electrons. The predicted molar refractivity (Wildman–Crippen MR) is 52.0 cm³/mol. The van der Waals surface area contributed by atoms with Gasteiger partial charge in [0.25, 0.3) is 0 Å². The monoisotopic (exact) mass is 224 g/mol. The van der Waals surface area contributed by atoms with Gasteiger partial charge in [-0.3, -0.25) is 10.1 Å². The second-order valence-corrected chi connectivity index (χ2v) is 3.30. The molecule has 0 bridgehead atoms. The molecule has 0 unspecified atom stereocenters. The van der Waals surface area contributed by atoms with Gasteiger partial charge in [0.2, 0.25) is 0 Å². The summed E-state index contributed by atoms with van der Waals surface area (Å²) in [6.07, 6.45) is -0.555. The number of ether oxygens (including phenoxy) is 1. The average molecular weight is 224 g/mol. The van der Waals surface area contributed by atoms with Crippen molar-refractivity contribution in [3.05, 3.63) is 33.9 Å². The van der Waals surface area contributed by atoms with Crippen molar-refractivity contribution < 1.29 is 19.6 Å². The number of nitrogens with one attached hydrogen (secondary N) is 1. The number of nitro benzene ring substituents is 1. The number of carbonyl (C=O) groups is 1. The molecule has 2 rings (SSSR count). The summed E-state index contributed by atoms with van der Waals surface area (Å²) in [5, 5.41) is 22.3. The zero-order valence-corrected chi connectivity index (χ0v) is 8.04. The number of rotatable bonds is 2. The number of aromatic hydroxyl groups is 1. The SMILES string of the molecule is O=C1N[C@H](c2ccc(O)c([N+](=O)[O-])c2)CO1. The highest BCUT2D eigenvalue weighted by molar-refractivity contribution is 5.70. The van der Waals surface area contributed by atoms with Crippen LogP contribution in [0.5, 0.6) is 5.75 Å². The quantitative estimate of drug-likeness (QED) is 0.578. The lowest BCUT2D eigenvalue weighted by molar-refractivity contribution is -0.385. The van der Waals surface area contributed by atoms with Crippen molar-refractivity contribution in [1.82, 2.24) is 5.32 Å². The first kappa shape index (κ1) is 10.2. The molecule has 1 fully saturated rings. The molecule has 1 amide bonds. The zero-order chi connectivity index (χ0) is 11.7. The van der Waals surface area contributed by atoms with Gasteiger partial charge in [0, 0.05) is 6.07 Å². The van der Waals surface area contributed by atoms with Crippen molar-refractivity contribution in [1.29, 1.82) is 0 Å². The van der Waals surface area contributed by atoms with E-state index in [-0.39, 0.29) is 6.61 Å². The second-order valence-electron chi connectivity index (χ2n) is 3.30. The van der Waals surface area contributed by atoms with Crippen LogP contribution in [-0.2, 0) is 4.74 Å². The molecule has 1 aromatic rings. The van der Waals surface area contributed by atoms with Crippen molar-refractivity contribution in [2.45, 2.75) is 6.04 Å². The molecule has 0 aliphatic carbocycles. The zero-order valence-electron chi connectivity index (χ0n) is 8.04. The molecule has 16 heavy (non-hydrogen) atoms. The topological polar surface area (TPSA) is 102 Å². The number of hydrogen-bond acceptors (Lipinski definition) is 5. The Kier molecular flexibility index (Phi) is 2.35.